The molecular formula is C15H12ClIN2O2. The molecule has 4 nitrogen and oxygen atoms in total. The van der Waals surface area contributed by atoms with Crippen LogP contribution in [0, 0.1) is 3.57 Å². The number of carbonyl (C=O) groups excluding carboxylic acids is 1. The number of amides is 1. The van der Waals surface area contributed by atoms with E-state index in [-0.39, 0.29) is 5.91 Å². The van der Waals surface area contributed by atoms with Crippen molar-refractivity contribution in [2.24, 2.45) is 5.10 Å². The average Bonchev–Trinajstić information content (AvgIpc) is 2.47. The van der Waals surface area contributed by atoms with Crippen LogP contribution in [0.1, 0.15) is 15.9 Å². The van der Waals surface area contributed by atoms with Crippen molar-refractivity contribution in [2.45, 2.75) is 0 Å². The van der Waals surface area contributed by atoms with Gasteiger partial charge < -0.3 is 4.74 Å². The molecule has 2 rings (SSSR count). The van der Waals surface area contributed by atoms with Gasteiger partial charge in [-0.2, -0.15) is 5.10 Å². The van der Waals surface area contributed by atoms with Crippen molar-refractivity contribution in [1.82, 2.24) is 5.43 Å². The summed E-state index contributed by atoms with van der Waals surface area (Å²) >= 11 is 8.01. The maximum Gasteiger partial charge on any atom is 0.271 e. The zero-order chi connectivity index (χ0) is 15.2. The van der Waals surface area contributed by atoms with Gasteiger partial charge in [-0.1, -0.05) is 23.7 Å². The van der Waals surface area contributed by atoms with E-state index < -0.39 is 0 Å². The van der Waals surface area contributed by atoms with Crippen molar-refractivity contribution in [3.05, 3.63) is 62.2 Å². The minimum absolute atomic E-state index is 0.303. The summed E-state index contributed by atoms with van der Waals surface area (Å²) in [7, 11) is 1.57. The summed E-state index contributed by atoms with van der Waals surface area (Å²) in [5.41, 5.74) is 3.76. The van der Waals surface area contributed by atoms with Crippen molar-refractivity contribution >= 4 is 46.3 Å². The lowest BCUT2D eigenvalue weighted by atomic mass is 10.2. The number of hydrogen-bond donors (Lipinski definition) is 1. The van der Waals surface area contributed by atoms with Crippen LogP contribution in [0.25, 0.3) is 0 Å². The van der Waals surface area contributed by atoms with Crippen molar-refractivity contribution < 1.29 is 9.53 Å². The molecule has 1 N–H and O–H groups in total. The Labute approximate surface area is 141 Å². The predicted octanol–water partition coefficient (Wildman–Crippen LogP) is 3.72. The third-order valence-electron chi connectivity index (χ3n) is 2.64. The van der Waals surface area contributed by atoms with Gasteiger partial charge in [-0.15, -0.1) is 0 Å². The molecule has 0 aliphatic rings. The highest BCUT2D eigenvalue weighted by molar-refractivity contribution is 14.1. The summed E-state index contributed by atoms with van der Waals surface area (Å²) in [4.78, 5) is 12.0. The number of carbonyl (C=O) groups is 1. The number of halogens is 2. The molecule has 0 aromatic heterocycles. The molecule has 108 valence electrons. The van der Waals surface area contributed by atoms with Gasteiger partial charge in [0, 0.05) is 10.6 Å². The SMILES string of the molecule is COc1cc(C(=O)N/N=C\c2cccc(Cl)c2)ccc1I. The number of benzene rings is 2. The lowest BCUT2D eigenvalue weighted by Crippen LogP contribution is -2.17. The largest absolute Gasteiger partial charge is 0.496 e. The Morgan fingerprint density at radius 3 is 2.86 bits per heavy atom. The number of rotatable bonds is 4. The molecule has 0 aliphatic carbocycles. The quantitative estimate of drug-likeness (QED) is 0.471. The number of methoxy groups -OCH3 is 1. The number of nitrogens with one attached hydrogen (secondary N) is 1. The van der Waals surface area contributed by atoms with Gasteiger partial charge >= 0.3 is 0 Å². The van der Waals surface area contributed by atoms with E-state index in [2.05, 4.69) is 33.1 Å². The molecular weight excluding hydrogens is 403 g/mol. The van der Waals surface area contributed by atoms with Crippen LogP contribution in [0.15, 0.2) is 47.6 Å². The summed E-state index contributed by atoms with van der Waals surface area (Å²) in [6.45, 7) is 0. The van der Waals surface area contributed by atoms with Crippen molar-refractivity contribution in [3.8, 4) is 5.75 Å². The highest BCUT2D eigenvalue weighted by Crippen LogP contribution is 2.21. The maximum atomic E-state index is 12.0. The van der Waals surface area contributed by atoms with E-state index in [1.165, 1.54) is 6.21 Å². The van der Waals surface area contributed by atoms with Crippen LogP contribution in [0.3, 0.4) is 0 Å². The molecule has 0 spiro atoms. The first-order chi connectivity index (χ1) is 10.1. The van der Waals surface area contributed by atoms with Gasteiger partial charge in [-0.3, -0.25) is 4.79 Å². The van der Waals surface area contributed by atoms with E-state index in [0.717, 1.165) is 9.13 Å². The third kappa shape index (κ3) is 4.44. The zero-order valence-electron chi connectivity index (χ0n) is 11.1. The van der Waals surface area contributed by atoms with E-state index in [1.54, 1.807) is 31.4 Å². The van der Waals surface area contributed by atoms with E-state index in [4.69, 9.17) is 16.3 Å². The monoisotopic (exact) mass is 414 g/mol. The molecule has 0 unspecified atom stereocenters. The van der Waals surface area contributed by atoms with E-state index >= 15 is 0 Å². The van der Waals surface area contributed by atoms with Gasteiger partial charge in [0.2, 0.25) is 0 Å². The van der Waals surface area contributed by atoms with Crippen molar-refractivity contribution in [2.75, 3.05) is 7.11 Å². The fourth-order valence-electron chi connectivity index (χ4n) is 1.62. The van der Waals surface area contributed by atoms with Gasteiger partial charge in [0.1, 0.15) is 5.75 Å². The summed E-state index contributed by atoms with van der Waals surface area (Å²) in [5, 5.41) is 4.53. The van der Waals surface area contributed by atoms with E-state index in [1.807, 2.05) is 18.2 Å². The van der Waals surface area contributed by atoms with E-state index in [9.17, 15) is 4.79 Å². The lowest BCUT2D eigenvalue weighted by Gasteiger charge is -2.05. The minimum atomic E-state index is -0.303. The van der Waals surface area contributed by atoms with Crippen molar-refractivity contribution in [1.29, 1.82) is 0 Å². The summed E-state index contributed by atoms with van der Waals surface area (Å²) < 4.78 is 6.12. The molecule has 2 aromatic carbocycles. The average molecular weight is 415 g/mol. The molecule has 6 heteroatoms. The summed E-state index contributed by atoms with van der Waals surface area (Å²) in [5.74, 6) is 0.352. The Hall–Kier alpha value is -1.60. The number of nitrogens with zero attached hydrogens (tertiary/aromatic N) is 1. The molecule has 0 atom stereocenters. The molecule has 0 fully saturated rings. The first-order valence-corrected chi connectivity index (χ1v) is 7.48. The Morgan fingerprint density at radius 1 is 1.33 bits per heavy atom. The van der Waals surface area contributed by atoms with Crippen LogP contribution >= 0.6 is 34.2 Å². The van der Waals surface area contributed by atoms with Crippen LogP contribution in [0.4, 0.5) is 0 Å². The second kappa shape index (κ2) is 7.42. The highest BCUT2D eigenvalue weighted by Gasteiger charge is 2.08. The van der Waals surface area contributed by atoms with Crippen LogP contribution < -0.4 is 10.2 Å². The molecule has 0 heterocycles. The smallest absolute Gasteiger partial charge is 0.271 e. The molecule has 2 aromatic rings. The predicted molar refractivity (Wildman–Crippen MR) is 92.2 cm³/mol. The Morgan fingerprint density at radius 2 is 2.14 bits per heavy atom. The molecule has 0 aliphatic heterocycles. The topological polar surface area (TPSA) is 50.7 Å². The molecule has 0 radical (unpaired) electrons. The van der Waals surface area contributed by atoms with Crippen LogP contribution in [0.2, 0.25) is 5.02 Å². The Bertz CT molecular complexity index is 689. The summed E-state index contributed by atoms with van der Waals surface area (Å²) in [6.07, 6.45) is 1.54. The molecule has 0 saturated heterocycles. The van der Waals surface area contributed by atoms with Crippen LogP contribution in [0.5, 0.6) is 5.75 Å². The second-order valence-electron chi connectivity index (χ2n) is 4.10. The standard InChI is InChI=1S/C15H12ClIN2O2/c1-21-14-8-11(5-6-13(14)17)15(20)19-18-9-10-3-2-4-12(16)7-10/h2-9H,1H3,(H,19,20)/b18-9-. The normalized spacial score (nSPS) is 10.6. The number of ether oxygens (including phenoxy) is 1. The Balaban J connectivity index is 2.05. The van der Waals surface area contributed by atoms with Gasteiger partial charge in [0.15, 0.2) is 0 Å². The number of hydrogen-bond acceptors (Lipinski definition) is 3. The maximum absolute atomic E-state index is 12.0. The van der Waals surface area contributed by atoms with Gasteiger partial charge in [-0.05, 0) is 58.5 Å². The number of hydrazone groups is 1. The minimum Gasteiger partial charge on any atom is -0.496 e. The van der Waals surface area contributed by atoms with Crippen LogP contribution in [-0.4, -0.2) is 19.2 Å². The van der Waals surface area contributed by atoms with Gasteiger partial charge in [0.25, 0.3) is 5.91 Å². The van der Waals surface area contributed by atoms with Crippen molar-refractivity contribution in [3.63, 3.8) is 0 Å². The van der Waals surface area contributed by atoms with E-state index in [0.29, 0.717) is 16.3 Å². The van der Waals surface area contributed by atoms with Crippen LogP contribution in [-0.2, 0) is 0 Å². The first kappa shape index (κ1) is 15.8. The van der Waals surface area contributed by atoms with Gasteiger partial charge in [0.05, 0.1) is 16.9 Å². The summed E-state index contributed by atoms with van der Waals surface area (Å²) in [6, 6.07) is 12.4. The fourth-order valence-corrected chi connectivity index (χ4v) is 2.37. The third-order valence-corrected chi connectivity index (χ3v) is 3.77. The molecule has 21 heavy (non-hydrogen) atoms. The zero-order valence-corrected chi connectivity index (χ0v) is 14.1. The molecule has 0 bridgehead atoms. The highest BCUT2D eigenvalue weighted by atomic mass is 127. The lowest BCUT2D eigenvalue weighted by molar-refractivity contribution is 0.0955. The Kier molecular flexibility index (Phi) is 5.58. The second-order valence-corrected chi connectivity index (χ2v) is 5.70. The van der Waals surface area contributed by atoms with Gasteiger partial charge in [-0.25, -0.2) is 5.43 Å². The molecule has 0 saturated carbocycles. The fraction of sp³-hybridized carbons (Fsp3) is 0.0667. The molecule has 1 amide bonds. The first-order valence-electron chi connectivity index (χ1n) is 6.02.